The van der Waals surface area contributed by atoms with Gasteiger partial charge in [0.25, 0.3) is 5.91 Å². The van der Waals surface area contributed by atoms with Gasteiger partial charge in [0.05, 0.1) is 12.3 Å². The van der Waals surface area contributed by atoms with Gasteiger partial charge in [-0.25, -0.2) is 4.98 Å². The van der Waals surface area contributed by atoms with Gasteiger partial charge in [-0.1, -0.05) is 39.0 Å². The molecule has 2 aliphatic rings. The van der Waals surface area contributed by atoms with Gasteiger partial charge in [0.1, 0.15) is 13.2 Å². The van der Waals surface area contributed by atoms with Crippen LogP contribution in [0, 0.1) is 0 Å². The molecule has 2 aromatic carbocycles. The van der Waals surface area contributed by atoms with Crippen molar-refractivity contribution in [1.82, 2.24) is 14.5 Å². The summed E-state index contributed by atoms with van der Waals surface area (Å²) in [7, 11) is 1.91. The van der Waals surface area contributed by atoms with Gasteiger partial charge >= 0.3 is 0 Å². The molecule has 37 heavy (non-hydrogen) atoms. The molecule has 0 aliphatic carbocycles. The van der Waals surface area contributed by atoms with Gasteiger partial charge in [0, 0.05) is 44.5 Å². The maximum Gasteiger partial charge on any atom is 0.291 e. The first kappa shape index (κ1) is 25.3. The van der Waals surface area contributed by atoms with Gasteiger partial charge < -0.3 is 24.5 Å². The number of nitrogens with zero attached hydrogens (tertiary/aromatic N) is 3. The maximum atomic E-state index is 13.6. The minimum Gasteiger partial charge on any atom is -0.486 e. The number of β-amino-alcohol motifs (C(OH)–C–C–N with tert-alkyl or cyclic N) is 1. The number of hydrogen-bond donors (Lipinski definition) is 2. The summed E-state index contributed by atoms with van der Waals surface area (Å²) < 4.78 is 13.5. The second-order valence-corrected chi connectivity index (χ2v) is 10.4. The lowest BCUT2D eigenvalue weighted by Gasteiger charge is -2.30. The van der Waals surface area contributed by atoms with Crippen LogP contribution in [0.15, 0.2) is 36.4 Å². The molecule has 0 unspecified atom stereocenters. The van der Waals surface area contributed by atoms with E-state index in [9.17, 15) is 9.90 Å². The Morgan fingerprint density at radius 3 is 2.70 bits per heavy atom. The van der Waals surface area contributed by atoms with E-state index in [0.717, 1.165) is 64.7 Å². The smallest absolute Gasteiger partial charge is 0.291 e. The Morgan fingerprint density at radius 2 is 1.95 bits per heavy atom. The number of benzene rings is 2. The van der Waals surface area contributed by atoms with Crippen molar-refractivity contribution in [3.05, 3.63) is 59.2 Å². The topological polar surface area (TPSA) is 88.9 Å². The Kier molecular flexibility index (Phi) is 6.96. The number of hydrogen-bond acceptors (Lipinski definition) is 6. The number of amides is 1. The first-order valence-electron chi connectivity index (χ1n) is 13.0. The van der Waals surface area contributed by atoms with Gasteiger partial charge in [0.15, 0.2) is 17.3 Å². The van der Waals surface area contributed by atoms with E-state index in [2.05, 4.69) is 43.1 Å². The molecule has 0 saturated carbocycles. The normalized spacial score (nSPS) is 15.4. The van der Waals surface area contributed by atoms with E-state index >= 15 is 0 Å². The van der Waals surface area contributed by atoms with Crippen LogP contribution in [-0.4, -0.2) is 58.4 Å². The molecule has 3 aromatic rings. The monoisotopic (exact) mass is 504 g/mol. The average Bonchev–Trinajstić information content (AvgIpc) is 3.24. The highest BCUT2D eigenvalue weighted by atomic mass is 16.6. The maximum absolute atomic E-state index is 13.6. The summed E-state index contributed by atoms with van der Waals surface area (Å²) >= 11 is 0. The van der Waals surface area contributed by atoms with Crippen LogP contribution in [0.1, 0.15) is 54.8 Å². The number of fused-ring (bicyclic) bond motifs is 2. The van der Waals surface area contributed by atoms with Crippen LogP contribution >= 0.6 is 0 Å². The average molecular weight is 505 g/mol. The highest BCUT2D eigenvalue weighted by molar-refractivity contribution is 6.03. The van der Waals surface area contributed by atoms with Crippen molar-refractivity contribution < 1.29 is 19.4 Å². The van der Waals surface area contributed by atoms with Gasteiger partial charge in [-0.15, -0.1) is 0 Å². The summed E-state index contributed by atoms with van der Waals surface area (Å²) in [5.74, 6) is 1.68. The zero-order chi connectivity index (χ0) is 26.2. The largest absolute Gasteiger partial charge is 0.486 e. The molecular weight excluding hydrogens is 468 g/mol. The van der Waals surface area contributed by atoms with Crippen molar-refractivity contribution in [2.24, 2.45) is 7.05 Å². The Hall–Kier alpha value is -3.36. The number of ether oxygens (including phenoxy) is 2. The molecule has 0 bridgehead atoms. The summed E-state index contributed by atoms with van der Waals surface area (Å²) in [6, 6.07) is 12.1. The molecule has 3 heterocycles. The number of anilines is 1. The lowest BCUT2D eigenvalue weighted by molar-refractivity contribution is 0.101. The van der Waals surface area contributed by atoms with Crippen molar-refractivity contribution in [1.29, 1.82) is 0 Å². The van der Waals surface area contributed by atoms with E-state index in [1.54, 1.807) is 0 Å². The van der Waals surface area contributed by atoms with Crippen LogP contribution in [0.2, 0.25) is 0 Å². The minimum atomic E-state index is -0.224. The SMILES string of the molecule is CCC(C)(C)c1c(NC(=O)c2nc3c(n2C)CCN(CCO)C3)cccc1-c1ccc2c(c1)OCCO2. The molecule has 0 fully saturated rings. The van der Waals surface area contributed by atoms with Crippen LogP contribution < -0.4 is 14.8 Å². The van der Waals surface area contributed by atoms with Crippen LogP contribution in [0.25, 0.3) is 11.1 Å². The number of nitrogens with one attached hydrogen (secondary N) is 1. The Morgan fingerprint density at radius 1 is 1.16 bits per heavy atom. The van der Waals surface area contributed by atoms with Crippen LogP contribution in [0.5, 0.6) is 11.5 Å². The van der Waals surface area contributed by atoms with Crippen molar-refractivity contribution >= 4 is 11.6 Å². The summed E-state index contributed by atoms with van der Waals surface area (Å²) in [6.07, 6.45) is 1.70. The predicted octanol–water partition coefficient (Wildman–Crippen LogP) is 4.15. The zero-order valence-electron chi connectivity index (χ0n) is 22.1. The summed E-state index contributed by atoms with van der Waals surface area (Å²) in [6.45, 7) is 9.88. The summed E-state index contributed by atoms with van der Waals surface area (Å²) in [4.78, 5) is 20.5. The molecule has 8 nitrogen and oxygen atoms in total. The third kappa shape index (κ3) is 4.83. The van der Waals surface area contributed by atoms with E-state index in [4.69, 9.17) is 14.5 Å². The van der Waals surface area contributed by atoms with Crippen LogP contribution in [0.3, 0.4) is 0 Å². The number of aromatic nitrogens is 2. The molecule has 0 atom stereocenters. The molecule has 2 aliphatic heterocycles. The molecule has 196 valence electrons. The molecule has 2 N–H and O–H groups in total. The molecule has 5 rings (SSSR count). The highest BCUT2D eigenvalue weighted by Crippen LogP contribution is 2.43. The fourth-order valence-electron chi connectivity index (χ4n) is 5.31. The summed E-state index contributed by atoms with van der Waals surface area (Å²) in [5, 5.41) is 12.5. The van der Waals surface area contributed by atoms with Gasteiger partial charge in [-0.3, -0.25) is 9.69 Å². The molecule has 1 amide bonds. The fraction of sp³-hybridized carbons (Fsp3) is 0.448. The van der Waals surface area contributed by atoms with Crippen molar-refractivity contribution in [3.63, 3.8) is 0 Å². The number of aliphatic hydroxyl groups is 1. The van der Waals surface area contributed by atoms with Gasteiger partial charge in [-0.05, 0) is 46.7 Å². The lowest BCUT2D eigenvalue weighted by Crippen LogP contribution is -2.33. The zero-order valence-corrected chi connectivity index (χ0v) is 22.1. The quantitative estimate of drug-likeness (QED) is 0.503. The molecular formula is C29H36N4O4. The Labute approximate surface area is 218 Å². The third-order valence-electron chi connectivity index (χ3n) is 7.68. The van der Waals surface area contributed by atoms with Crippen molar-refractivity contribution in [2.75, 3.05) is 38.2 Å². The number of aliphatic hydroxyl groups excluding tert-OH is 1. The van der Waals surface area contributed by atoms with Crippen LogP contribution in [-0.2, 0) is 25.4 Å². The molecule has 8 heteroatoms. The van der Waals surface area contributed by atoms with Gasteiger partial charge in [-0.2, -0.15) is 0 Å². The second-order valence-electron chi connectivity index (χ2n) is 10.4. The highest BCUT2D eigenvalue weighted by Gasteiger charge is 2.29. The first-order chi connectivity index (χ1) is 17.8. The number of rotatable bonds is 7. The van der Waals surface area contributed by atoms with Crippen molar-refractivity contribution in [3.8, 4) is 22.6 Å². The lowest BCUT2D eigenvalue weighted by atomic mass is 9.77. The standard InChI is InChI=1S/C29H36N4O4/c1-5-29(2,3)26-20(19-9-10-24-25(17-19)37-16-15-36-24)7-6-8-21(26)31-28(35)27-30-22-18-33(13-14-34)12-11-23(22)32(27)4/h6-10,17,34H,5,11-16,18H2,1-4H3,(H,31,35). The molecule has 0 saturated heterocycles. The first-order valence-corrected chi connectivity index (χ1v) is 13.0. The van der Waals surface area contributed by atoms with Gasteiger partial charge in [0.2, 0.25) is 0 Å². The number of carbonyl (C=O) groups excluding carboxylic acids is 1. The number of imidazole rings is 1. The molecule has 0 spiro atoms. The third-order valence-corrected chi connectivity index (χ3v) is 7.68. The van der Waals surface area contributed by atoms with E-state index in [1.807, 2.05) is 35.9 Å². The van der Waals surface area contributed by atoms with Crippen molar-refractivity contribution in [2.45, 2.75) is 45.6 Å². The predicted molar refractivity (Wildman–Crippen MR) is 143 cm³/mol. The van der Waals surface area contributed by atoms with E-state index in [-0.39, 0.29) is 17.9 Å². The van der Waals surface area contributed by atoms with E-state index in [1.165, 1.54) is 0 Å². The molecule has 1 aromatic heterocycles. The summed E-state index contributed by atoms with van der Waals surface area (Å²) in [5.41, 5.74) is 5.74. The van der Waals surface area contributed by atoms with E-state index in [0.29, 0.717) is 32.1 Å². The fourth-order valence-corrected chi connectivity index (χ4v) is 5.31. The second kappa shape index (κ2) is 10.2. The minimum absolute atomic E-state index is 0.116. The Bertz CT molecular complexity index is 1310. The van der Waals surface area contributed by atoms with E-state index < -0.39 is 0 Å². The van der Waals surface area contributed by atoms with Crippen LogP contribution in [0.4, 0.5) is 5.69 Å². The molecule has 0 radical (unpaired) electrons. The number of carbonyl (C=O) groups is 1. The Balaban J connectivity index is 1.50.